The van der Waals surface area contributed by atoms with Gasteiger partial charge in [-0.2, -0.15) is 0 Å². The first kappa shape index (κ1) is 22.1. The van der Waals surface area contributed by atoms with E-state index in [0.717, 1.165) is 17.8 Å². The van der Waals surface area contributed by atoms with Crippen LogP contribution in [-0.2, 0) is 4.79 Å². The zero-order valence-electron chi connectivity index (χ0n) is 17.6. The topological polar surface area (TPSA) is 101 Å². The van der Waals surface area contributed by atoms with Gasteiger partial charge in [-0.05, 0) is 62.4 Å². The predicted molar refractivity (Wildman–Crippen MR) is 116 cm³/mol. The summed E-state index contributed by atoms with van der Waals surface area (Å²) in [7, 11) is 0. The molecule has 2 fully saturated rings. The van der Waals surface area contributed by atoms with Crippen LogP contribution in [0, 0.1) is 11.8 Å². The maximum atomic E-state index is 13.1. The van der Waals surface area contributed by atoms with E-state index < -0.39 is 12.1 Å². The van der Waals surface area contributed by atoms with Gasteiger partial charge < -0.3 is 10.4 Å². The molecule has 3 rings (SSSR count). The molecule has 0 spiro atoms. The van der Waals surface area contributed by atoms with Crippen molar-refractivity contribution in [3.05, 3.63) is 32.8 Å². The van der Waals surface area contributed by atoms with Crippen LogP contribution in [0.15, 0.2) is 22.6 Å². The van der Waals surface area contributed by atoms with Crippen LogP contribution < -0.4 is 5.32 Å². The SMILES string of the molecule is CC(C)(C)NC(=O)[C@@H]1C[C@@H]2CCCC[C@@H]2CN1C[C@@H](O)[C@@H](N=[N+]=[N-])c1cccs1. The minimum absolute atomic E-state index is 0.0326. The minimum Gasteiger partial charge on any atom is -0.391 e. The van der Waals surface area contributed by atoms with Gasteiger partial charge in [0.25, 0.3) is 0 Å². The molecular weight excluding hydrogens is 386 g/mol. The number of aliphatic hydroxyl groups is 1. The summed E-state index contributed by atoms with van der Waals surface area (Å²) in [6.45, 7) is 7.12. The Morgan fingerprint density at radius 3 is 2.76 bits per heavy atom. The van der Waals surface area contributed by atoms with Gasteiger partial charge in [0.05, 0.1) is 18.2 Å². The highest BCUT2D eigenvalue weighted by molar-refractivity contribution is 7.10. The number of hydrogen-bond donors (Lipinski definition) is 2. The van der Waals surface area contributed by atoms with Crippen molar-refractivity contribution in [2.45, 2.75) is 76.6 Å². The largest absolute Gasteiger partial charge is 0.391 e. The Morgan fingerprint density at radius 1 is 1.41 bits per heavy atom. The third kappa shape index (κ3) is 5.72. The predicted octanol–water partition coefficient (Wildman–Crippen LogP) is 4.26. The van der Waals surface area contributed by atoms with E-state index in [0.29, 0.717) is 18.4 Å². The number of hydrogen-bond acceptors (Lipinski definition) is 5. The molecule has 1 aromatic rings. The fourth-order valence-corrected chi connectivity index (χ4v) is 5.62. The molecule has 1 aliphatic heterocycles. The van der Waals surface area contributed by atoms with Gasteiger partial charge in [-0.25, -0.2) is 0 Å². The van der Waals surface area contributed by atoms with Crippen molar-refractivity contribution < 1.29 is 9.90 Å². The number of carbonyl (C=O) groups excluding carboxylic acids is 1. The monoisotopic (exact) mass is 419 g/mol. The summed E-state index contributed by atoms with van der Waals surface area (Å²) in [5.41, 5.74) is 8.69. The van der Waals surface area contributed by atoms with Crippen LogP contribution in [0.4, 0.5) is 0 Å². The number of amides is 1. The third-order valence-corrected chi connectivity index (χ3v) is 7.04. The maximum Gasteiger partial charge on any atom is 0.237 e. The summed E-state index contributed by atoms with van der Waals surface area (Å²) in [4.78, 5) is 19.0. The van der Waals surface area contributed by atoms with E-state index in [4.69, 9.17) is 5.53 Å². The molecule has 8 heteroatoms. The van der Waals surface area contributed by atoms with Gasteiger partial charge in [-0.3, -0.25) is 9.69 Å². The second-order valence-electron chi connectivity index (χ2n) is 9.48. The molecule has 0 unspecified atom stereocenters. The standard InChI is InChI=1S/C21H33N5O2S/c1-21(2,3)23-20(28)16-11-14-7-4-5-8-15(14)12-26(16)13-17(27)19(24-25-22)18-9-6-10-29-18/h6,9-10,14-17,19,27H,4-5,7-8,11-13H2,1-3H3,(H,23,28)/t14-,15+,16-,17+,19+/m0/s1. The molecule has 160 valence electrons. The molecule has 1 saturated carbocycles. The molecular formula is C21H33N5O2S. The molecule has 5 atom stereocenters. The van der Waals surface area contributed by atoms with Crippen LogP contribution >= 0.6 is 11.3 Å². The Balaban J connectivity index is 1.78. The van der Waals surface area contributed by atoms with Crippen molar-refractivity contribution in [1.82, 2.24) is 10.2 Å². The molecule has 1 aliphatic carbocycles. The molecule has 2 aliphatic rings. The highest BCUT2D eigenvalue weighted by Gasteiger charge is 2.41. The van der Waals surface area contributed by atoms with Crippen molar-refractivity contribution in [2.75, 3.05) is 13.1 Å². The minimum atomic E-state index is -0.852. The number of likely N-dealkylation sites (tertiary alicyclic amines) is 1. The summed E-state index contributed by atoms with van der Waals surface area (Å²) in [6, 6.07) is 2.89. The van der Waals surface area contributed by atoms with Gasteiger partial charge in [0, 0.05) is 28.4 Å². The van der Waals surface area contributed by atoms with Crippen LogP contribution in [0.2, 0.25) is 0 Å². The van der Waals surface area contributed by atoms with Gasteiger partial charge in [-0.15, -0.1) is 11.3 Å². The summed E-state index contributed by atoms with van der Waals surface area (Å²) >= 11 is 1.47. The number of nitrogens with zero attached hydrogens (tertiary/aromatic N) is 4. The van der Waals surface area contributed by atoms with Crippen LogP contribution in [0.5, 0.6) is 0 Å². The Hall–Kier alpha value is -1.60. The number of carbonyl (C=O) groups is 1. The molecule has 2 N–H and O–H groups in total. The Labute approximate surface area is 177 Å². The van der Waals surface area contributed by atoms with E-state index >= 15 is 0 Å². The Kier molecular flexibility index (Phi) is 7.22. The Bertz CT molecular complexity index is 726. The first-order chi connectivity index (χ1) is 13.8. The van der Waals surface area contributed by atoms with E-state index in [-0.39, 0.29) is 17.5 Å². The molecule has 1 aromatic heterocycles. The number of azide groups is 1. The number of thiophene rings is 1. The Morgan fingerprint density at radius 2 is 2.14 bits per heavy atom. The van der Waals surface area contributed by atoms with Gasteiger partial charge >= 0.3 is 0 Å². The van der Waals surface area contributed by atoms with Gasteiger partial charge in [0.2, 0.25) is 5.91 Å². The van der Waals surface area contributed by atoms with Gasteiger partial charge in [0.15, 0.2) is 0 Å². The summed E-state index contributed by atoms with van der Waals surface area (Å²) < 4.78 is 0. The van der Waals surface area contributed by atoms with Crippen molar-refractivity contribution in [3.8, 4) is 0 Å². The lowest BCUT2D eigenvalue weighted by atomic mass is 9.72. The molecule has 0 bridgehead atoms. The normalized spacial score (nSPS) is 27.4. The van der Waals surface area contributed by atoms with Crippen LogP contribution in [0.25, 0.3) is 10.4 Å². The van der Waals surface area contributed by atoms with Crippen LogP contribution in [-0.4, -0.2) is 46.7 Å². The van der Waals surface area contributed by atoms with Gasteiger partial charge in [0.1, 0.15) is 0 Å². The summed E-state index contributed by atoms with van der Waals surface area (Å²) in [5, 5.41) is 19.9. The smallest absolute Gasteiger partial charge is 0.237 e. The molecule has 7 nitrogen and oxygen atoms in total. The number of piperidine rings is 1. The zero-order chi connectivity index (χ0) is 21.0. The number of aliphatic hydroxyl groups excluding tert-OH is 1. The van der Waals surface area contributed by atoms with Gasteiger partial charge in [-0.1, -0.05) is 30.4 Å². The van der Waals surface area contributed by atoms with E-state index in [1.165, 1.54) is 37.0 Å². The number of fused-ring (bicyclic) bond motifs is 1. The number of β-amino-alcohol motifs (C(OH)–C–C–N with tert-alkyl or cyclic N) is 1. The second kappa shape index (κ2) is 9.47. The van der Waals surface area contributed by atoms with E-state index in [1.54, 1.807) is 0 Å². The third-order valence-electron chi connectivity index (χ3n) is 6.10. The lowest BCUT2D eigenvalue weighted by Gasteiger charge is -2.46. The summed E-state index contributed by atoms with van der Waals surface area (Å²) in [6.07, 6.45) is 4.85. The molecule has 29 heavy (non-hydrogen) atoms. The van der Waals surface area contributed by atoms with Crippen molar-refractivity contribution >= 4 is 17.2 Å². The van der Waals surface area contributed by atoms with E-state index in [1.807, 2.05) is 38.3 Å². The second-order valence-corrected chi connectivity index (χ2v) is 10.5. The average Bonchev–Trinajstić information content (AvgIpc) is 3.18. The first-order valence-corrected chi connectivity index (χ1v) is 11.5. The van der Waals surface area contributed by atoms with E-state index in [9.17, 15) is 9.90 Å². The zero-order valence-corrected chi connectivity index (χ0v) is 18.4. The molecule has 0 aromatic carbocycles. The summed E-state index contributed by atoms with van der Waals surface area (Å²) in [5.74, 6) is 1.19. The molecule has 1 amide bonds. The van der Waals surface area contributed by atoms with Crippen LogP contribution in [0.3, 0.4) is 0 Å². The molecule has 2 heterocycles. The van der Waals surface area contributed by atoms with Crippen LogP contribution in [0.1, 0.15) is 63.8 Å². The lowest BCUT2D eigenvalue weighted by molar-refractivity contribution is -0.132. The van der Waals surface area contributed by atoms with Crippen molar-refractivity contribution in [3.63, 3.8) is 0 Å². The first-order valence-electron chi connectivity index (χ1n) is 10.6. The maximum absolute atomic E-state index is 13.1. The highest BCUT2D eigenvalue weighted by atomic mass is 32.1. The quantitative estimate of drug-likeness (QED) is 0.409. The van der Waals surface area contributed by atoms with Crippen molar-refractivity contribution in [2.24, 2.45) is 17.0 Å². The number of nitrogens with one attached hydrogen (secondary N) is 1. The van der Waals surface area contributed by atoms with E-state index in [2.05, 4.69) is 20.2 Å². The highest BCUT2D eigenvalue weighted by Crippen LogP contribution is 2.39. The van der Waals surface area contributed by atoms with Crippen molar-refractivity contribution in [1.29, 1.82) is 0 Å². The molecule has 1 saturated heterocycles. The molecule has 0 radical (unpaired) electrons. The number of rotatable bonds is 6. The average molecular weight is 420 g/mol. The fraction of sp³-hybridized carbons (Fsp3) is 0.762. The fourth-order valence-electron chi connectivity index (χ4n) is 4.81. The lowest BCUT2D eigenvalue weighted by Crippen LogP contribution is -2.58.